The minimum Gasteiger partial charge on any atom is -0.395 e. The van der Waals surface area contributed by atoms with Gasteiger partial charge < -0.3 is 10.0 Å². The van der Waals surface area contributed by atoms with Gasteiger partial charge in [0.05, 0.1) is 11.5 Å². The van der Waals surface area contributed by atoms with Gasteiger partial charge in [-0.2, -0.15) is 0 Å². The Balaban J connectivity index is 1.96. The number of aliphatic hydroxyl groups excluding tert-OH is 1. The lowest BCUT2D eigenvalue weighted by Gasteiger charge is -2.35. The van der Waals surface area contributed by atoms with E-state index in [1.165, 1.54) is 18.2 Å². The van der Waals surface area contributed by atoms with E-state index < -0.39 is 10.8 Å². The van der Waals surface area contributed by atoms with Crippen molar-refractivity contribution in [1.82, 2.24) is 15.1 Å². The molecule has 0 spiro atoms. The third-order valence-corrected chi connectivity index (χ3v) is 4.00. The average molecular weight is 338 g/mol. The number of para-hydroxylation sites is 1. The first-order valence-electron chi connectivity index (χ1n) is 7.20. The number of amides is 1. The van der Waals surface area contributed by atoms with E-state index in [0.29, 0.717) is 19.6 Å². The van der Waals surface area contributed by atoms with E-state index >= 15 is 0 Å². The normalized spacial score (nSPS) is 15.3. The smallest absolute Gasteiger partial charge is 0.282 e. The fourth-order valence-electron chi connectivity index (χ4n) is 2.38. The van der Waals surface area contributed by atoms with Crippen LogP contribution in [0.25, 0.3) is 0 Å². The number of β-amino-alcohol motifs (C(OH)–C–C–N with tert-alkyl or cyclic N) is 1. The topological polar surface area (TPSA) is 99.0 Å². The third kappa shape index (κ3) is 4.44. The summed E-state index contributed by atoms with van der Waals surface area (Å²) in [5.41, 5.74) is -0.265. The first-order valence-corrected chi connectivity index (χ1v) is 7.60. The van der Waals surface area contributed by atoms with Crippen LogP contribution in [-0.2, 0) is 0 Å². The van der Waals surface area contributed by atoms with Crippen LogP contribution in [0.2, 0.25) is 0 Å². The first kappa shape index (κ1) is 17.3. The van der Waals surface area contributed by atoms with Crippen LogP contribution in [0.4, 0.5) is 5.69 Å². The molecule has 0 aromatic heterocycles. The van der Waals surface area contributed by atoms with E-state index in [1.807, 2.05) is 4.90 Å². The number of nitro benzene ring substituents is 1. The highest BCUT2D eigenvalue weighted by Crippen LogP contribution is 2.17. The number of carbonyl (C=O) groups excluding carboxylic acids is 1. The van der Waals surface area contributed by atoms with Crippen LogP contribution in [-0.4, -0.2) is 70.2 Å². The lowest BCUT2D eigenvalue weighted by molar-refractivity contribution is -0.385. The summed E-state index contributed by atoms with van der Waals surface area (Å²) >= 11 is 5.22. The van der Waals surface area contributed by atoms with Gasteiger partial charge in [-0.3, -0.25) is 25.1 Å². The zero-order valence-electron chi connectivity index (χ0n) is 12.5. The second-order valence-corrected chi connectivity index (χ2v) is 5.47. The molecule has 0 unspecified atom stereocenters. The predicted octanol–water partition coefficient (Wildman–Crippen LogP) is 0.219. The monoisotopic (exact) mass is 338 g/mol. The van der Waals surface area contributed by atoms with Crippen LogP contribution in [0.3, 0.4) is 0 Å². The number of aliphatic hydroxyl groups is 1. The molecule has 23 heavy (non-hydrogen) atoms. The Morgan fingerprint density at radius 2 is 1.96 bits per heavy atom. The second-order valence-electron chi connectivity index (χ2n) is 5.09. The van der Waals surface area contributed by atoms with Crippen molar-refractivity contribution >= 4 is 28.9 Å². The van der Waals surface area contributed by atoms with Crippen LogP contribution >= 0.6 is 12.2 Å². The van der Waals surface area contributed by atoms with Crippen LogP contribution in [0.15, 0.2) is 24.3 Å². The molecule has 2 rings (SSSR count). The number of benzene rings is 1. The number of hydrogen-bond acceptors (Lipinski definition) is 6. The van der Waals surface area contributed by atoms with E-state index in [9.17, 15) is 14.9 Å². The van der Waals surface area contributed by atoms with Crippen molar-refractivity contribution in [3.05, 3.63) is 39.9 Å². The lowest BCUT2D eigenvalue weighted by Crippen LogP contribution is -2.53. The quantitative estimate of drug-likeness (QED) is 0.460. The highest BCUT2D eigenvalue weighted by atomic mass is 32.1. The molecule has 1 heterocycles. The van der Waals surface area contributed by atoms with Gasteiger partial charge in [0.15, 0.2) is 5.11 Å². The fraction of sp³-hybridized carbons (Fsp3) is 0.429. The molecule has 0 saturated carbocycles. The Kier molecular flexibility index (Phi) is 5.97. The van der Waals surface area contributed by atoms with Gasteiger partial charge in [0, 0.05) is 38.8 Å². The summed E-state index contributed by atoms with van der Waals surface area (Å²) in [6.07, 6.45) is 0. The Labute approximate surface area is 138 Å². The maximum atomic E-state index is 12.2. The molecule has 1 aliphatic rings. The van der Waals surface area contributed by atoms with Crippen LogP contribution < -0.4 is 5.32 Å². The summed E-state index contributed by atoms with van der Waals surface area (Å²) in [7, 11) is 0. The molecule has 8 nitrogen and oxygen atoms in total. The highest BCUT2D eigenvalue weighted by molar-refractivity contribution is 7.80. The maximum absolute atomic E-state index is 12.2. The lowest BCUT2D eigenvalue weighted by atomic mass is 10.1. The molecule has 0 radical (unpaired) electrons. The van der Waals surface area contributed by atoms with Gasteiger partial charge in [-0.05, 0) is 18.3 Å². The molecule has 0 aliphatic carbocycles. The second kappa shape index (κ2) is 7.95. The minimum absolute atomic E-state index is 0.0150. The Morgan fingerprint density at radius 1 is 1.30 bits per heavy atom. The number of nitro groups is 1. The predicted molar refractivity (Wildman–Crippen MR) is 88.3 cm³/mol. The van der Waals surface area contributed by atoms with Crippen LogP contribution in [0, 0.1) is 10.1 Å². The van der Waals surface area contributed by atoms with Crippen LogP contribution in [0.5, 0.6) is 0 Å². The van der Waals surface area contributed by atoms with Gasteiger partial charge in [0.25, 0.3) is 11.6 Å². The summed E-state index contributed by atoms with van der Waals surface area (Å²) in [6.45, 7) is 3.47. The fourth-order valence-corrected chi connectivity index (χ4v) is 2.66. The summed E-state index contributed by atoms with van der Waals surface area (Å²) in [4.78, 5) is 26.5. The molecule has 9 heteroatoms. The summed E-state index contributed by atoms with van der Waals surface area (Å²) in [6, 6.07) is 5.76. The summed E-state index contributed by atoms with van der Waals surface area (Å²) < 4.78 is 0. The van der Waals surface area contributed by atoms with Crippen molar-refractivity contribution in [1.29, 1.82) is 0 Å². The molecule has 1 fully saturated rings. The van der Waals surface area contributed by atoms with Crippen molar-refractivity contribution < 1.29 is 14.8 Å². The van der Waals surface area contributed by atoms with E-state index in [-0.39, 0.29) is 23.0 Å². The van der Waals surface area contributed by atoms with Gasteiger partial charge in [-0.15, -0.1) is 0 Å². The Bertz CT molecular complexity index is 602. The number of nitrogens with zero attached hydrogens (tertiary/aromatic N) is 3. The molecule has 1 saturated heterocycles. The van der Waals surface area contributed by atoms with Gasteiger partial charge in [-0.25, -0.2) is 0 Å². The number of piperazine rings is 1. The van der Waals surface area contributed by atoms with Crippen molar-refractivity contribution in [3.8, 4) is 0 Å². The number of nitrogens with one attached hydrogen (secondary N) is 1. The molecular weight excluding hydrogens is 320 g/mol. The van der Waals surface area contributed by atoms with E-state index in [0.717, 1.165) is 13.1 Å². The summed E-state index contributed by atoms with van der Waals surface area (Å²) in [5.74, 6) is -0.583. The van der Waals surface area contributed by atoms with Crippen LogP contribution in [0.1, 0.15) is 10.4 Å². The average Bonchev–Trinajstić information content (AvgIpc) is 2.55. The number of carbonyl (C=O) groups is 1. The molecule has 1 aromatic rings. The molecule has 0 bridgehead atoms. The standard InChI is InChI=1S/C14H18N4O4S/c19-10-9-16-5-7-17(8-6-16)14(23)15-13(20)11-3-1-2-4-12(11)18(21)22/h1-4,19H,5-10H2,(H,15,20,23). The zero-order chi connectivity index (χ0) is 16.8. The van der Waals surface area contributed by atoms with Crippen molar-refractivity contribution in [2.24, 2.45) is 0 Å². The Hall–Kier alpha value is -2.10. The van der Waals surface area contributed by atoms with E-state index in [1.54, 1.807) is 6.07 Å². The van der Waals surface area contributed by atoms with Gasteiger partial charge in [0.1, 0.15) is 5.56 Å². The highest BCUT2D eigenvalue weighted by Gasteiger charge is 2.23. The molecular formula is C14H18N4O4S. The molecule has 1 aliphatic heterocycles. The molecule has 124 valence electrons. The van der Waals surface area contributed by atoms with E-state index in [4.69, 9.17) is 17.3 Å². The van der Waals surface area contributed by atoms with Crippen molar-refractivity contribution in [3.63, 3.8) is 0 Å². The molecule has 2 N–H and O–H groups in total. The molecule has 1 amide bonds. The SMILES string of the molecule is O=C(NC(=S)N1CCN(CCO)CC1)c1ccccc1[N+](=O)[O-]. The molecule has 0 atom stereocenters. The van der Waals surface area contributed by atoms with E-state index in [2.05, 4.69) is 10.2 Å². The summed E-state index contributed by atoms with van der Waals surface area (Å²) in [5, 5.41) is 22.7. The van der Waals surface area contributed by atoms with Gasteiger partial charge in [0.2, 0.25) is 0 Å². The number of hydrogen-bond donors (Lipinski definition) is 2. The number of thiocarbonyl (C=S) groups is 1. The van der Waals surface area contributed by atoms with Gasteiger partial charge >= 0.3 is 0 Å². The van der Waals surface area contributed by atoms with Crippen molar-refractivity contribution in [2.75, 3.05) is 39.3 Å². The number of rotatable bonds is 4. The third-order valence-electron chi connectivity index (χ3n) is 3.64. The largest absolute Gasteiger partial charge is 0.395 e. The maximum Gasteiger partial charge on any atom is 0.282 e. The Morgan fingerprint density at radius 3 is 2.57 bits per heavy atom. The van der Waals surface area contributed by atoms with Crippen molar-refractivity contribution in [2.45, 2.75) is 0 Å². The van der Waals surface area contributed by atoms with Gasteiger partial charge in [-0.1, -0.05) is 12.1 Å². The molecule has 1 aromatic carbocycles. The zero-order valence-corrected chi connectivity index (χ0v) is 13.3. The minimum atomic E-state index is -0.592. The first-order chi connectivity index (χ1) is 11.0.